The first-order chi connectivity index (χ1) is 16.8. The van der Waals surface area contributed by atoms with Gasteiger partial charge in [0, 0.05) is 0 Å². The van der Waals surface area contributed by atoms with E-state index in [1.165, 1.54) is 28.3 Å². The highest BCUT2D eigenvalue weighted by Gasteiger charge is 2.38. The van der Waals surface area contributed by atoms with E-state index in [0.717, 1.165) is 24.0 Å². The number of nitrogens with zero attached hydrogens (tertiary/aromatic N) is 1. The highest BCUT2D eigenvalue weighted by Crippen LogP contribution is 2.38. The van der Waals surface area contributed by atoms with Gasteiger partial charge in [-0.1, -0.05) is 42.5 Å². The molecule has 35 heavy (non-hydrogen) atoms. The number of carbonyl (C=O) groups excluding carboxylic acids is 1. The Morgan fingerprint density at radius 2 is 1.74 bits per heavy atom. The molecule has 7 heteroatoms. The number of benzene rings is 3. The van der Waals surface area contributed by atoms with Crippen molar-refractivity contribution in [3.05, 3.63) is 89.0 Å². The predicted octanol–water partition coefficient (Wildman–Crippen LogP) is 4.71. The van der Waals surface area contributed by atoms with Crippen molar-refractivity contribution in [1.29, 1.82) is 0 Å². The van der Waals surface area contributed by atoms with Crippen molar-refractivity contribution < 1.29 is 17.9 Å². The number of rotatable bonds is 5. The summed E-state index contributed by atoms with van der Waals surface area (Å²) in [7, 11) is -3.87. The molecule has 0 fully saturated rings. The number of aryl methyl sites for hydroxylation is 3. The summed E-state index contributed by atoms with van der Waals surface area (Å²) in [5, 5.41) is 3.04. The fourth-order valence-corrected chi connectivity index (χ4v) is 6.35. The summed E-state index contributed by atoms with van der Waals surface area (Å²) in [6.45, 7) is 3.75. The molecule has 3 aromatic carbocycles. The Balaban J connectivity index is 1.40. The van der Waals surface area contributed by atoms with Crippen LogP contribution in [-0.2, 0) is 27.7 Å². The molecule has 1 aliphatic carbocycles. The highest BCUT2D eigenvalue weighted by molar-refractivity contribution is 7.92. The van der Waals surface area contributed by atoms with Crippen molar-refractivity contribution in [1.82, 2.24) is 5.32 Å². The smallest absolute Gasteiger partial charge is 0.264 e. The van der Waals surface area contributed by atoms with E-state index in [2.05, 4.69) is 23.5 Å². The minimum absolute atomic E-state index is 0.101. The second-order valence-electron chi connectivity index (χ2n) is 9.39. The molecule has 3 aromatic rings. The molecule has 0 saturated heterocycles. The van der Waals surface area contributed by atoms with E-state index in [1.54, 1.807) is 42.5 Å². The lowest BCUT2D eigenvalue weighted by Crippen LogP contribution is -2.51. The SMILES string of the molecule is Cc1ccc2c(c1)O[C@@H](C(=O)N[C@H](C)c1ccc3c(c1)CCCC3)CN2S(=O)(=O)c1ccccc1. The van der Waals surface area contributed by atoms with Crippen molar-refractivity contribution in [3.8, 4) is 5.75 Å². The number of sulfonamides is 1. The summed E-state index contributed by atoms with van der Waals surface area (Å²) in [4.78, 5) is 13.5. The molecule has 0 aromatic heterocycles. The van der Waals surface area contributed by atoms with Crippen molar-refractivity contribution in [3.63, 3.8) is 0 Å². The number of carbonyl (C=O) groups is 1. The number of hydrogen-bond acceptors (Lipinski definition) is 4. The number of fused-ring (bicyclic) bond motifs is 2. The van der Waals surface area contributed by atoms with Crippen LogP contribution in [0.2, 0.25) is 0 Å². The molecule has 0 bridgehead atoms. The van der Waals surface area contributed by atoms with E-state index < -0.39 is 16.1 Å². The Hall–Kier alpha value is -3.32. The summed E-state index contributed by atoms with van der Waals surface area (Å²) < 4.78 is 34.4. The van der Waals surface area contributed by atoms with Crippen LogP contribution in [0.4, 0.5) is 5.69 Å². The average Bonchev–Trinajstić information content (AvgIpc) is 2.87. The molecular formula is C28H30N2O4S. The lowest BCUT2D eigenvalue weighted by molar-refractivity contribution is -0.128. The quantitative estimate of drug-likeness (QED) is 0.562. The van der Waals surface area contributed by atoms with Crippen molar-refractivity contribution in [2.24, 2.45) is 0 Å². The monoisotopic (exact) mass is 490 g/mol. The molecule has 1 N–H and O–H groups in total. The lowest BCUT2D eigenvalue weighted by atomic mass is 9.89. The summed E-state index contributed by atoms with van der Waals surface area (Å²) in [5.41, 5.74) is 5.14. The molecule has 0 spiro atoms. The Morgan fingerprint density at radius 3 is 2.51 bits per heavy atom. The van der Waals surface area contributed by atoms with Crippen LogP contribution in [0.5, 0.6) is 5.75 Å². The molecule has 0 radical (unpaired) electrons. The van der Waals surface area contributed by atoms with Crippen LogP contribution in [0.3, 0.4) is 0 Å². The number of amides is 1. The normalized spacial score (nSPS) is 18.1. The zero-order valence-corrected chi connectivity index (χ0v) is 20.8. The van der Waals surface area contributed by atoms with Gasteiger partial charge in [-0.2, -0.15) is 0 Å². The average molecular weight is 491 g/mol. The largest absolute Gasteiger partial charge is 0.476 e. The van der Waals surface area contributed by atoms with Crippen molar-refractivity contribution in [2.75, 3.05) is 10.8 Å². The van der Waals surface area contributed by atoms with Crippen molar-refractivity contribution >= 4 is 21.6 Å². The van der Waals surface area contributed by atoms with Gasteiger partial charge >= 0.3 is 0 Å². The summed E-state index contributed by atoms with van der Waals surface area (Å²) >= 11 is 0. The fourth-order valence-electron chi connectivity index (χ4n) is 4.86. The van der Waals surface area contributed by atoms with Gasteiger partial charge in [0.05, 0.1) is 23.2 Å². The Labute approximate surface area is 207 Å². The lowest BCUT2D eigenvalue weighted by Gasteiger charge is -2.35. The molecule has 1 aliphatic heterocycles. The zero-order chi connectivity index (χ0) is 24.6. The van der Waals surface area contributed by atoms with Crippen LogP contribution in [0.1, 0.15) is 48.1 Å². The number of nitrogens with one attached hydrogen (secondary N) is 1. The third kappa shape index (κ3) is 4.65. The highest BCUT2D eigenvalue weighted by atomic mass is 32.2. The number of hydrogen-bond donors (Lipinski definition) is 1. The first-order valence-electron chi connectivity index (χ1n) is 12.1. The predicted molar refractivity (Wildman–Crippen MR) is 136 cm³/mol. The molecule has 1 amide bonds. The van der Waals surface area contributed by atoms with Crippen LogP contribution in [-0.4, -0.2) is 27.0 Å². The van der Waals surface area contributed by atoms with Gasteiger partial charge in [-0.15, -0.1) is 0 Å². The van der Waals surface area contributed by atoms with E-state index in [-0.39, 0.29) is 23.4 Å². The molecule has 2 aliphatic rings. The van der Waals surface area contributed by atoms with E-state index in [0.29, 0.717) is 11.4 Å². The summed E-state index contributed by atoms with van der Waals surface area (Å²) in [5.74, 6) is 0.0491. The maximum Gasteiger partial charge on any atom is 0.264 e. The molecule has 0 unspecified atom stereocenters. The van der Waals surface area contributed by atoms with Gasteiger partial charge in [0.1, 0.15) is 5.75 Å². The Bertz CT molecular complexity index is 1350. The van der Waals surface area contributed by atoms with Gasteiger partial charge in [0.2, 0.25) is 0 Å². The van der Waals surface area contributed by atoms with Gasteiger partial charge in [0.25, 0.3) is 15.9 Å². The zero-order valence-electron chi connectivity index (χ0n) is 20.0. The van der Waals surface area contributed by atoms with Crippen LogP contribution in [0.15, 0.2) is 71.6 Å². The second kappa shape index (κ2) is 9.38. The van der Waals surface area contributed by atoms with Gasteiger partial charge in [-0.05, 0) is 86.1 Å². The maximum atomic E-state index is 13.5. The summed E-state index contributed by atoms with van der Waals surface area (Å²) in [6.07, 6.45) is 3.62. The topological polar surface area (TPSA) is 75.7 Å². The van der Waals surface area contributed by atoms with Gasteiger partial charge < -0.3 is 10.1 Å². The molecule has 0 saturated carbocycles. The molecular weight excluding hydrogens is 460 g/mol. The fraction of sp³-hybridized carbons (Fsp3) is 0.321. The minimum atomic E-state index is -3.87. The molecule has 6 nitrogen and oxygen atoms in total. The van der Waals surface area contributed by atoms with Gasteiger partial charge in [-0.3, -0.25) is 9.10 Å². The van der Waals surface area contributed by atoms with Crippen LogP contribution in [0, 0.1) is 6.92 Å². The summed E-state index contributed by atoms with van der Waals surface area (Å²) in [6, 6.07) is 19.8. The number of anilines is 1. The van der Waals surface area contributed by atoms with Gasteiger partial charge in [-0.25, -0.2) is 8.42 Å². The van der Waals surface area contributed by atoms with E-state index in [9.17, 15) is 13.2 Å². The standard InChI is InChI=1S/C28H30N2O4S/c1-19-12-15-25-26(16-19)34-27(18-30(25)35(32,33)24-10-4-3-5-11-24)28(31)29-20(2)22-14-13-21-8-6-7-9-23(21)17-22/h3-5,10-17,20,27H,6-9,18H2,1-2H3,(H,29,31)/t20-,27-/m1/s1. The molecule has 182 valence electrons. The number of ether oxygens (including phenoxy) is 1. The molecule has 2 atom stereocenters. The third-order valence-electron chi connectivity index (χ3n) is 6.84. The molecule has 1 heterocycles. The maximum absolute atomic E-state index is 13.5. The van der Waals surface area contributed by atoms with Crippen molar-refractivity contribution in [2.45, 2.75) is 56.6 Å². The Kier molecular flexibility index (Phi) is 6.28. The molecule has 5 rings (SSSR count). The van der Waals surface area contributed by atoms with Crippen LogP contribution >= 0.6 is 0 Å². The van der Waals surface area contributed by atoms with Crippen LogP contribution in [0.25, 0.3) is 0 Å². The minimum Gasteiger partial charge on any atom is -0.476 e. The first kappa shape index (κ1) is 23.4. The van der Waals surface area contributed by atoms with Gasteiger partial charge in [0.15, 0.2) is 6.10 Å². The van der Waals surface area contributed by atoms with E-state index >= 15 is 0 Å². The second-order valence-corrected chi connectivity index (χ2v) is 11.3. The van der Waals surface area contributed by atoms with Crippen LogP contribution < -0.4 is 14.4 Å². The van der Waals surface area contributed by atoms with E-state index in [1.807, 2.05) is 19.9 Å². The Morgan fingerprint density at radius 1 is 1.00 bits per heavy atom. The third-order valence-corrected chi connectivity index (χ3v) is 8.63. The van der Waals surface area contributed by atoms with E-state index in [4.69, 9.17) is 4.74 Å². The first-order valence-corrected chi connectivity index (χ1v) is 13.5.